The minimum Gasteiger partial charge on any atom is -0.337 e. The molecule has 0 unspecified atom stereocenters. The molecule has 0 saturated carbocycles. The molecule has 1 aromatic heterocycles. The summed E-state index contributed by atoms with van der Waals surface area (Å²) < 4.78 is 25.2. The van der Waals surface area contributed by atoms with Crippen molar-refractivity contribution in [3.8, 4) is 0 Å². The Morgan fingerprint density at radius 1 is 1.06 bits per heavy atom. The molecule has 3 rings (SSSR count). The van der Waals surface area contributed by atoms with Crippen molar-refractivity contribution in [1.82, 2.24) is 9.21 Å². The number of hydrogen-bond donors (Lipinski definition) is 2. The number of urea groups is 1. The summed E-state index contributed by atoms with van der Waals surface area (Å²) in [5.74, 6) is -0.252. The lowest BCUT2D eigenvalue weighted by Gasteiger charge is -2.21. The van der Waals surface area contributed by atoms with E-state index in [1.807, 2.05) is 20.8 Å². The van der Waals surface area contributed by atoms with Gasteiger partial charge in [0.1, 0.15) is 5.00 Å². The van der Waals surface area contributed by atoms with E-state index >= 15 is 0 Å². The van der Waals surface area contributed by atoms with Crippen LogP contribution in [0, 0.1) is 0 Å². The van der Waals surface area contributed by atoms with E-state index in [1.54, 1.807) is 29.2 Å². The van der Waals surface area contributed by atoms with E-state index in [9.17, 15) is 18.0 Å². The third kappa shape index (κ3) is 6.42. The van der Waals surface area contributed by atoms with Crippen molar-refractivity contribution in [2.75, 3.05) is 43.1 Å². The molecule has 12 heteroatoms. The number of anilines is 2. The summed E-state index contributed by atoms with van der Waals surface area (Å²) in [6, 6.07) is 6.15. The van der Waals surface area contributed by atoms with E-state index in [0.717, 1.165) is 4.88 Å². The quantitative estimate of drug-likeness (QED) is 0.556. The fourth-order valence-electron chi connectivity index (χ4n) is 3.47. The number of sulfonamides is 1. The molecule has 0 aliphatic carbocycles. The molecule has 1 saturated heterocycles. The second-order valence-electron chi connectivity index (χ2n) is 9.09. The summed E-state index contributed by atoms with van der Waals surface area (Å²) in [4.78, 5) is 28.8. The van der Waals surface area contributed by atoms with Crippen LogP contribution < -0.4 is 10.6 Å². The van der Waals surface area contributed by atoms with Gasteiger partial charge in [-0.1, -0.05) is 50.0 Å². The van der Waals surface area contributed by atoms with Crippen molar-refractivity contribution in [3.63, 3.8) is 0 Å². The summed E-state index contributed by atoms with van der Waals surface area (Å²) in [5.41, 5.74) is 0.480. The maximum Gasteiger partial charge on any atom is 0.324 e. The molecule has 2 aromatic rings. The van der Waals surface area contributed by atoms with Crippen molar-refractivity contribution in [1.29, 1.82) is 0 Å². The number of benzene rings is 1. The fourth-order valence-corrected chi connectivity index (χ4v) is 5.79. The molecule has 0 atom stereocenters. The topological polar surface area (TPSA) is 98.8 Å². The van der Waals surface area contributed by atoms with E-state index in [0.29, 0.717) is 40.8 Å². The molecule has 1 aliphatic heterocycles. The summed E-state index contributed by atoms with van der Waals surface area (Å²) in [6.45, 7) is 7.38. The van der Waals surface area contributed by atoms with Gasteiger partial charge >= 0.3 is 6.03 Å². The summed E-state index contributed by atoms with van der Waals surface area (Å²) in [6.07, 6.45) is 1.71. The average molecular weight is 548 g/mol. The van der Waals surface area contributed by atoms with Crippen LogP contribution in [-0.4, -0.2) is 62.0 Å². The van der Waals surface area contributed by atoms with Gasteiger partial charge < -0.3 is 10.2 Å². The largest absolute Gasteiger partial charge is 0.337 e. The van der Waals surface area contributed by atoms with Crippen LogP contribution >= 0.6 is 34.5 Å². The monoisotopic (exact) mass is 546 g/mol. The first-order valence-corrected chi connectivity index (χ1v) is 14.1. The van der Waals surface area contributed by atoms with Crippen LogP contribution in [0.4, 0.5) is 15.5 Å². The molecular formula is C22H28Cl2N4O4S2. The Kier molecular flexibility index (Phi) is 8.19. The molecule has 2 heterocycles. The summed E-state index contributed by atoms with van der Waals surface area (Å²) in [5, 5.41) is 6.39. The van der Waals surface area contributed by atoms with Gasteiger partial charge in [-0.25, -0.2) is 17.5 Å². The lowest BCUT2D eigenvalue weighted by Crippen LogP contribution is -2.37. The molecule has 0 bridgehead atoms. The first-order valence-electron chi connectivity index (χ1n) is 10.7. The molecular weight excluding hydrogens is 519 g/mol. The van der Waals surface area contributed by atoms with Crippen molar-refractivity contribution < 1.29 is 18.0 Å². The number of halogens is 2. The van der Waals surface area contributed by atoms with Crippen molar-refractivity contribution >= 4 is 67.2 Å². The average Bonchev–Trinajstić information content (AvgIpc) is 2.98. The molecule has 3 amide bonds. The highest BCUT2D eigenvalue weighted by Crippen LogP contribution is 2.37. The zero-order valence-electron chi connectivity index (χ0n) is 19.4. The number of carbonyl (C=O) groups excluding carboxylic acids is 2. The van der Waals surface area contributed by atoms with Gasteiger partial charge in [0.2, 0.25) is 10.0 Å². The number of rotatable bonds is 4. The molecule has 8 nitrogen and oxygen atoms in total. The van der Waals surface area contributed by atoms with Crippen molar-refractivity contribution in [3.05, 3.63) is 44.8 Å². The number of amides is 3. The molecule has 1 aromatic carbocycles. The molecule has 186 valence electrons. The number of nitrogens with zero attached hydrogens (tertiary/aromatic N) is 2. The van der Waals surface area contributed by atoms with Gasteiger partial charge in [0.15, 0.2) is 0 Å². The van der Waals surface area contributed by atoms with Gasteiger partial charge in [-0.2, -0.15) is 0 Å². The highest BCUT2D eigenvalue weighted by molar-refractivity contribution is 7.88. The third-order valence-corrected chi connectivity index (χ3v) is 8.94. The van der Waals surface area contributed by atoms with Crippen LogP contribution in [0.25, 0.3) is 0 Å². The van der Waals surface area contributed by atoms with E-state index in [-0.39, 0.29) is 29.4 Å². The van der Waals surface area contributed by atoms with Crippen molar-refractivity contribution in [2.45, 2.75) is 32.6 Å². The number of thiophene rings is 1. The van der Waals surface area contributed by atoms with E-state index in [4.69, 9.17) is 23.2 Å². The Morgan fingerprint density at radius 2 is 1.76 bits per heavy atom. The summed E-state index contributed by atoms with van der Waals surface area (Å²) in [7, 11) is -3.33. The number of nitrogens with one attached hydrogen (secondary N) is 2. The van der Waals surface area contributed by atoms with Crippen LogP contribution in [0.3, 0.4) is 0 Å². The molecule has 0 spiro atoms. The van der Waals surface area contributed by atoms with Crippen LogP contribution in [0.1, 0.15) is 42.4 Å². The van der Waals surface area contributed by atoms with E-state index < -0.39 is 16.1 Å². The minimum atomic E-state index is -3.33. The molecule has 0 radical (unpaired) electrons. The van der Waals surface area contributed by atoms with Crippen LogP contribution in [0.5, 0.6) is 0 Å². The van der Waals surface area contributed by atoms with Gasteiger partial charge in [0.05, 0.1) is 27.6 Å². The maximum absolute atomic E-state index is 13.5. The van der Waals surface area contributed by atoms with Crippen molar-refractivity contribution in [2.24, 2.45) is 0 Å². The molecule has 2 N–H and O–H groups in total. The Morgan fingerprint density at radius 3 is 2.41 bits per heavy atom. The maximum atomic E-state index is 13.5. The second kappa shape index (κ2) is 10.4. The lowest BCUT2D eigenvalue weighted by molar-refractivity contribution is 0.0765. The van der Waals surface area contributed by atoms with Crippen LogP contribution in [0.2, 0.25) is 10.0 Å². The zero-order chi connectivity index (χ0) is 25.3. The zero-order valence-corrected chi connectivity index (χ0v) is 22.6. The number of hydrogen-bond acceptors (Lipinski definition) is 5. The summed E-state index contributed by atoms with van der Waals surface area (Å²) >= 11 is 13.5. The van der Waals surface area contributed by atoms with Gasteiger partial charge in [-0.3, -0.25) is 10.1 Å². The molecule has 1 aliphatic rings. The molecule has 1 fully saturated rings. The van der Waals surface area contributed by atoms with E-state index in [1.165, 1.54) is 21.9 Å². The third-order valence-electron chi connectivity index (χ3n) is 5.34. The predicted molar refractivity (Wildman–Crippen MR) is 139 cm³/mol. The molecule has 34 heavy (non-hydrogen) atoms. The van der Waals surface area contributed by atoms with Gasteiger partial charge in [0, 0.05) is 31.1 Å². The van der Waals surface area contributed by atoms with Gasteiger partial charge in [-0.15, -0.1) is 11.3 Å². The normalized spacial score (nSPS) is 15.6. The number of carbonyl (C=O) groups is 2. The highest BCUT2D eigenvalue weighted by Gasteiger charge is 2.29. The first-order chi connectivity index (χ1) is 15.8. The first kappa shape index (κ1) is 26.7. The van der Waals surface area contributed by atoms with Crippen LogP contribution in [0.15, 0.2) is 24.3 Å². The Hall–Kier alpha value is -1.85. The van der Waals surface area contributed by atoms with Gasteiger partial charge in [-0.05, 0) is 30.0 Å². The smallest absolute Gasteiger partial charge is 0.324 e. The van der Waals surface area contributed by atoms with Crippen LogP contribution in [-0.2, 0) is 15.4 Å². The fraction of sp³-hybridized carbons (Fsp3) is 0.455. The second-order valence-corrected chi connectivity index (χ2v) is 12.9. The van der Waals surface area contributed by atoms with E-state index in [2.05, 4.69) is 10.6 Å². The highest BCUT2D eigenvalue weighted by atomic mass is 35.5. The SMILES string of the molecule is CC(C)(C)c1cc(C(=O)N2CCCN(S(C)(=O)=O)CC2)c(NC(=O)Nc2cccc(Cl)c2Cl)s1. The van der Waals surface area contributed by atoms with Gasteiger partial charge in [0.25, 0.3) is 5.91 Å². The standard InChI is InChI=1S/C22H28Cl2N4O4S2/c1-22(2,3)17-13-14(20(29)27-9-6-10-28(12-11-27)34(4,31)32)19(33-17)26-21(30)25-16-8-5-7-15(23)18(16)24/h5,7-8,13H,6,9-12H2,1-4H3,(H2,25,26,30). The predicted octanol–water partition coefficient (Wildman–Crippen LogP) is 5.10. The Labute approximate surface area is 214 Å². The Bertz CT molecular complexity index is 1190. The Balaban J connectivity index is 1.84. The lowest BCUT2D eigenvalue weighted by atomic mass is 9.94. The minimum absolute atomic E-state index is 0.220.